The van der Waals surface area contributed by atoms with Gasteiger partial charge in [0.25, 0.3) is 0 Å². The van der Waals surface area contributed by atoms with Gasteiger partial charge in [-0.2, -0.15) is 0 Å². The van der Waals surface area contributed by atoms with E-state index in [-0.39, 0.29) is 11.6 Å². The summed E-state index contributed by atoms with van der Waals surface area (Å²) in [6.07, 6.45) is 1.82. The van der Waals surface area contributed by atoms with E-state index in [0.29, 0.717) is 6.42 Å². The van der Waals surface area contributed by atoms with Crippen LogP contribution in [0.5, 0.6) is 0 Å². The van der Waals surface area contributed by atoms with Crippen LogP contribution in [0.2, 0.25) is 0 Å². The van der Waals surface area contributed by atoms with Crippen molar-refractivity contribution in [1.29, 1.82) is 0 Å². The maximum absolute atomic E-state index is 10.1. The maximum Gasteiger partial charge on any atom is 0.335 e. The molecule has 0 spiro atoms. The Hall–Kier alpha value is -1.58. The third kappa shape index (κ3) is 12.4. The molecule has 4 heteroatoms. The standard InChI is InChI=1S/C5H4O2.C4H8O2.C2H6/c6-5-3-1-2-4-7-5;1-3-4(5)6-2;1-2/h1-4H;3H2,1-2H3;1-2H3. The number of carbonyl (C=O) groups excluding carboxylic acids is 1. The topological polar surface area (TPSA) is 56.5 Å². The highest BCUT2D eigenvalue weighted by atomic mass is 16.5. The summed E-state index contributed by atoms with van der Waals surface area (Å²) in [5, 5.41) is 0. The van der Waals surface area contributed by atoms with Crippen LogP contribution in [0.15, 0.2) is 33.7 Å². The zero-order chi connectivity index (χ0) is 12.1. The fourth-order valence-corrected chi connectivity index (χ4v) is 0.469. The van der Waals surface area contributed by atoms with Crippen LogP contribution in [0.1, 0.15) is 27.2 Å². The molecule has 0 fully saturated rings. The smallest absolute Gasteiger partial charge is 0.335 e. The molecule has 1 rings (SSSR count). The van der Waals surface area contributed by atoms with Gasteiger partial charge >= 0.3 is 11.6 Å². The number of esters is 1. The first-order valence-electron chi connectivity index (χ1n) is 4.81. The van der Waals surface area contributed by atoms with Crippen molar-refractivity contribution in [1.82, 2.24) is 0 Å². The molecule has 1 aromatic rings. The first-order chi connectivity index (χ1) is 7.20. The van der Waals surface area contributed by atoms with Gasteiger partial charge in [-0.1, -0.05) is 26.8 Å². The van der Waals surface area contributed by atoms with Crippen molar-refractivity contribution in [3.05, 3.63) is 34.9 Å². The predicted molar refractivity (Wildman–Crippen MR) is 58.6 cm³/mol. The van der Waals surface area contributed by atoms with E-state index in [1.807, 2.05) is 13.8 Å². The van der Waals surface area contributed by atoms with Crippen molar-refractivity contribution in [3.8, 4) is 0 Å². The van der Waals surface area contributed by atoms with Crippen molar-refractivity contribution in [3.63, 3.8) is 0 Å². The van der Waals surface area contributed by atoms with E-state index >= 15 is 0 Å². The van der Waals surface area contributed by atoms with Gasteiger partial charge in [-0.3, -0.25) is 4.79 Å². The van der Waals surface area contributed by atoms with E-state index in [4.69, 9.17) is 0 Å². The zero-order valence-electron chi connectivity index (χ0n) is 9.65. The van der Waals surface area contributed by atoms with Gasteiger partial charge in [0.15, 0.2) is 0 Å². The average molecular weight is 214 g/mol. The Kier molecular flexibility index (Phi) is 13.1. The third-order valence-corrected chi connectivity index (χ3v) is 1.12. The molecular weight excluding hydrogens is 196 g/mol. The molecule has 0 aliphatic rings. The second-order valence-electron chi connectivity index (χ2n) is 2.05. The van der Waals surface area contributed by atoms with Crippen molar-refractivity contribution < 1.29 is 13.9 Å². The summed E-state index contributed by atoms with van der Waals surface area (Å²) in [4.78, 5) is 20.1. The molecule has 0 aliphatic heterocycles. The molecule has 1 heterocycles. The molecule has 0 aliphatic carbocycles. The molecule has 0 amide bonds. The Balaban J connectivity index is 0. The minimum absolute atomic E-state index is 0.157. The first-order valence-corrected chi connectivity index (χ1v) is 4.81. The van der Waals surface area contributed by atoms with Gasteiger partial charge in [-0.05, 0) is 6.07 Å². The van der Waals surface area contributed by atoms with Gasteiger partial charge in [-0.25, -0.2) is 4.79 Å². The molecule has 86 valence electrons. The highest BCUT2D eigenvalue weighted by molar-refractivity contribution is 5.68. The molecule has 15 heavy (non-hydrogen) atoms. The minimum Gasteiger partial charge on any atom is -0.469 e. The lowest BCUT2D eigenvalue weighted by atomic mass is 10.5. The van der Waals surface area contributed by atoms with Crippen LogP contribution in [0.4, 0.5) is 0 Å². The van der Waals surface area contributed by atoms with E-state index in [0.717, 1.165) is 0 Å². The van der Waals surface area contributed by atoms with Gasteiger partial charge < -0.3 is 9.15 Å². The van der Waals surface area contributed by atoms with Crippen molar-refractivity contribution in [2.75, 3.05) is 7.11 Å². The third-order valence-electron chi connectivity index (χ3n) is 1.12. The summed E-state index contributed by atoms with van der Waals surface area (Å²) < 4.78 is 8.63. The number of hydrogen-bond donors (Lipinski definition) is 0. The summed E-state index contributed by atoms with van der Waals surface area (Å²) in [6, 6.07) is 4.65. The molecular formula is C11H18O4. The van der Waals surface area contributed by atoms with E-state index in [2.05, 4.69) is 9.15 Å². The summed E-state index contributed by atoms with van der Waals surface area (Å²) in [5.74, 6) is -0.157. The molecule has 1 aromatic heterocycles. The summed E-state index contributed by atoms with van der Waals surface area (Å²) in [5.41, 5.74) is -0.303. The highest BCUT2D eigenvalue weighted by Gasteiger charge is 1.87. The Morgan fingerprint density at radius 3 is 2.13 bits per heavy atom. The average Bonchev–Trinajstić information content (AvgIpc) is 2.32. The molecule has 0 unspecified atom stereocenters. The quantitative estimate of drug-likeness (QED) is 0.673. The van der Waals surface area contributed by atoms with Gasteiger partial charge in [0.05, 0.1) is 13.4 Å². The molecule has 0 bridgehead atoms. The molecule has 0 radical (unpaired) electrons. The Morgan fingerprint density at radius 2 is 2.00 bits per heavy atom. The second-order valence-corrected chi connectivity index (χ2v) is 2.05. The number of methoxy groups -OCH3 is 1. The lowest BCUT2D eigenvalue weighted by Gasteiger charge is -1.87. The van der Waals surface area contributed by atoms with Gasteiger partial charge in [0.1, 0.15) is 0 Å². The van der Waals surface area contributed by atoms with Gasteiger partial charge in [0, 0.05) is 12.5 Å². The fourth-order valence-electron chi connectivity index (χ4n) is 0.469. The lowest BCUT2D eigenvalue weighted by Crippen LogP contribution is -1.94. The summed E-state index contributed by atoms with van der Waals surface area (Å²) >= 11 is 0. The lowest BCUT2D eigenvalue weighted by molar-refractivity contribution is -0.140. The van der Waals surface area contributed by atoms with Gasteiger partial charge in [0.2, 0.25) is 0 Å². The van der Waals surface area contributed by atoms with E-state index in [1.54, 1.807) is 19.1 Å². The number of carbonyl (C=O) groups is 1. The molecule has 0 atom stereocenters. The van der Waals surface area contributed by atoms with Crippen LogP contribution in [0, 0.1) is 0 Å². The first kappa shape index (κ1) is 15.9. The van der Waals surface area contributed by atoms with Crippen molar-refractivity contribution in [2.45, 2.75) is 27.2 Å². The second kappa shape index (κ2) is 12.4. The van der Waals surface area contributed by atoms with Crippen molar-refractivity contribution in [2.24, 2.45) is 0 Å². The molecule has 4 nitrogen and oxygen atoms in total. The van der Waals surface area contributed by atoms with Crippen LogP contribution < -0.4 is 5.63 Å². The van der Waals surface area contributed by atoms with Crippen LogP contribution >= 0.6 is 0 Å². The fraction of sp³-hybridized carbons (Fsp3) is 0.455. The molecule has 0 N–H and O–H groups in total. The summed E-state index contributed by atoms with van der Waals surface area (Å²) in [6.45, 7) is 5.76. The van der Waals surface area contributed by atoms with E-state index < -0.39 is 0 Å². The maximum atomic E-state index is 10.1. The zero-order valence-corrected chi connectivity index (χ0v) is 9.65. The number of hydrogen-bond acceptors (Lipinski definition) is 4. The highest BCUT2D eigenvalue weighted by Crippen LogP contribution is 1.76. The molecule has 0 aromatic carbocycles. The van der Waals surface area contributed by atoms with Crippen LogP contribution in [0.25, 0.3) is 0 Å². The van der Waals surface area contributed by atoms with E-state index in [1.165, 1.54) is 19.4 Å². The monoisotopic (exact) mass is 214 g/mol. The summed E-state index contributed by atoms with van der Waals surface area (Å²) in [7, 11) is 1.38. The van der Waals surface area contributed by atoms with Crippen LogP contribution in [-0.2, 0) is 9.53 Å². The predicted octanol–water partition coefficient (Wildman–Crippen LogP) is 2.24. The van der Waals surface area contributed by atoms with E-state index in [9.17, 15) is 9.59 Å². The number of rotatable bonds is 1. The van der Waals surface area contributed by atoms with Crippen LogP contribution in [-0.4, -0.2) is 13.1 Å². The van der Waals surface area contributed by atoms with Crippen LogP contribution in [0.3, 0.4) is 0 Å². The molecule has 0 saturated heterocycles. The molecule has 0 saturated carbocycles. The minimum atomic E-state index is -0.303. The Labute approximate surface area is 89.9 Å². The Bertz CT molecular complexity index is 267. The SMILES string of the molecule is CC.CCC(=O)OC.O=c1cccco1. The largest absolute Gasteiger partial charge is 0.469 e. The Morgan fingerprint density at radius 1 is 1.40 bits per heavy atom. The normalized spacial score (nSPS) is 7.47. The van der Waals surface area contributed by atoms with Crippen molar-refractivity contribution >= 4 is 5.97 Å². The number of ether oxygens (including phenoxy) is 1. The van der Waals surface area contributed by atoms with Gasteiger partial charge in [-0.15, -0.1) is 0 Å².